The van der Waals surface area contributed by atoms with E-state index in [0.717, 1.165) is 30.5 Å². The minimum absolute atomic E-state index is 0.121. The van der Waals surface area contributed by atoms with E-state index in [1.807, 2.05) is 12.1 Å². The molecule has 10 heteroatoms. The minimum Gasteiger partial charge on any atom is -0.495 e. The fourth-order valence-electron chi connectivity index (χ4n) is 4.31. The fourth-order valence-corrected chi connectivity index (χ4v) is 6.47. The molecular weight excluding hydrogens is 491 g/mol. The Bertz CT molecular complexity index is 1340. The van der Waals surface area contributed by atoms with Crippen LogP contribution in [0.5, 0.6) is 5.75 Å². The predicted molar refractivity (Wildman–Crippen MR) is 133 cm³/mol. The number of methoxy groups -OCH3 is 1. The second-order valence-electron chi connectivity index (χ2n) is 9.49. The molecule has 0 unspecified atom stereocenters. The van der Waals surface area contributed by atoms with Gasteiger partial charge in [-0.25, -0.2) is 14.2 Å². The van der Waals surface area contributed by atoms with Crippen LogP contribution in [0.1, 0.15) is 61.4 Å². The number of anilines is 1. The van der Waals surface area contributed by atoms with Crippen LogP contribution in [0.2, 0.25) is 0 Å². The van der Waals surface area contributed by atoms with E-state index in [-0.39, 0.29) is 16.5 Å². The van der Waals surface area contributed by atoms with Crippen LogP contribution in [0.15, 0.2) is 46.8 Å². The summed E-state index contributed by atoms with van der Waals surface area (Å²) >= 11 is 1.19. The van der Waals surface area contributed by atoms with Crippen LogP contribution in [-0.2, 0) is 10.0 Å². The summed E-state index contributed by atoms with van der Waals surface area (Å²) in [5.41, 5.74) is 1.66. The molecule has 186 valence electrons. The molecule has 1 heterocycles. The Kier molecular flexibility index (Phi) is 6.88. The van der Waals surface area contributed by atoms with Crippen molar-refractivity contribution in [3.8, 4) is 16.3 Å². The molecule has 1 aromatic heterocycles. The quantitative estimate of drug-likeness (QED) is 0.389. The average Bonchev–Trinajstić information content (AvgIpc) is 3.30. The number of hydrogen-bond acceptors (Lipinski definition) is 6. The molecule has 1 aliphatic rings. The van der Waals surface area contributed by atoms with Gasteiger partial charge in [-0.1, -0.05) is 38.1 Å². The zero-order valence-electron chi connectivity index (χ0n) is 19.7. The van der Waals surface area contributed by atoms with Crippen molar-refractivity contribution in [3.63, 3.8) is 0 Å². The number of aromatic carboxylic acids is 1. The maximum atomic E-state index is 14.1. The Morgan fingerprint density at radius 3 is 2.46 bits per heavy atom. The molecule has 0 radical (unpaired) electrons. The summed E-state index contributed by atoms with van der Waals surface area (Å²) in [6.07, 6.45) is 4.73. The molecule has 7 nitrogen and oxygen atoms in total. The summed E-state index contributed by atoms with van der Waals surface area (Å²) in [7, 11) is -2.93. The molecule has 1 aliphatic carbocycles. The van der Waals surface area contributed by atoms with E-state index >= 15 is 0 Å². The van der Waals surface area contributed by atoms with E-state index in [9.17, 15) is 17.6 Å². The van der Waals surface area contributed by atoms with Gasteiger partial charge in [0.1, 0.15) is 16.6 Å². The second-order valence-corrected chi connectivity index (χ2v) is 12.0. The zero-order chi connectivity index (χ0) is 25.4. The number of halogens is 1. The van der Waals surface area contributed by atoms with Crippen LogP contribution in [-0.4, -0.2) is 31.6 Å². The predicted octanol–water partition coefficient (Wildman–Crippen LogP) is 6.14. The van der Waals surface area contributed by atoms with Crippen molar-refractivity contribution in [1.29, 1.82) is 0 Å². The summed E-state index contributed by atoms with van der Waals surface area (Å²) < 4.78 is 47.2. The molecule has 0 saturated heterocycles. The molecule has 1 saturated carbocycles. The van der Waals surface area contributed by atoms with Crippen molar-refractivity contribution >= 4 is 33.0 Å². The van der Waals surface area contributed by atoms with Crippen LogP contribution in [0.4, 0.5) is 10.1 Å². The Hall–Kier alpha value is -2.98. The number of carbonyl (C=O) groups is 1. The maximum Gasteiger partial charge on any atom is 0.338 e. The number of hydrogen-bond donors (Lipinski definition) is 2. The van der Waals surface area contributed by atoms with Crippen molar-refractivity contribution in [2.24, 2.45) is 5.41 Å². The minimum atomic E-state index is -4.16. The van der Waals surface area contributed by atoms with Gasteiger partial charge in [0.15, 0.2) is 5.03 Å². The van der Waals surface area contributed by atoms with Gasteiger partial charge in [0.2, 0.25) is 0 Å². The first-order valence-corrected chi connectivity index (χ1v) is 13.5. The first kappa shape index (κ1) is 25.1. The summed E-state index contributed by atoms with van der Waals surface area (Å²) in [5, 5.41) is 10.8. The summed E-state index contributed by atoms with van der Waals surface area (Å²) in [4.78, 5) is 15.4. The second kappa shape index (κ2) is 9.58. The SMILES string of the molecule is COc1cc(C(=O)O)c(F)cc1NS(=O)(=O)c1csc(-c2ccc(C3CCC(C)(C)CC3)cc2)n1. The van der Waals surface area contributed by atoms with Crippen molar-refractivity contribution in [2.45, 2.75) is 50.5 Å². The summed E-state index contributed by atoms with van der Waals surface area (Å²) in [6, 6.07) is 9.80. The molecule has 0 atom stereocenters. The van der Waals surface area contributed by atoms with Crippen LogP contribution in [0.25, 0.3) is 10.6 Å². The molecule has 0 amide bonds. The third-order valence-electron chi connectivity index (χ3n) is 6.49. The highest BCUT2D eigenvalue weighted by Crippen LogP contribution is 2.42. The van der Waals surface area contributed by atoms with Crippen LogP contribution < -0.4 is 9.46 Å². The molecule has 2 aromatic carbocycles. The lowest BCUT2D eigenvalue weighted by Gasteiger charge is -2.34. The number of nitrogens with one attached hydrogen (secondary N) is 1. The highest BCUT2D eigenvalue weighted by molar-refractivity contribution is 7.92. The monoisotopic (exact) mass is 518 g/mol. The standard InChI is InChI=1S/C25H27FN2O5S2/c1-25(2)10-8-16(9-11-25)15-4-6-17(7-5-15)23-27-22(14-34-23)35(31,32)28-20-13-19(26)18(24(29)30)12-21(20)33-3/h4-7,12-14,16,28H,8-11H2,1-3H3,(H,29,30). The highest BCUT2D eigenvalue weighted by Gasteiger charge is 2.28. The average molecular weight is 519 g/mol. The van der Waals surface area contributed by atoms with Crippen molar-refractivity contribution in [2.75, 3.05) is 11.8 Å². The number of nitrogens with zero attached hydrogens (tertiary/aromatic N) is 1. The maximum absolute atomic E-state index is 14.1. The molecule has 0 bridgehead atoms. The van der Waals surface area contributed by atoms with E-state index in [2.05, 4.69) is 35.7 Å². The Morgan fingerprint density at radius 1 is 1.20 bits per heavy atom. The number of carboxylic acids is 1. The molecule has 35 heavy (non-hydrogen) atoms. The topological polar surface area (TPSA) is 106 Å². The smallest absolute Gasteiger partial charge is 0.338 e. The number of thiazole rings is 1. The van der Waals surface area contributed by atoms with Gasteiger partial charge in [0, 0.05) is 17.0 Å². The molecule has 1 fully saturated rings. The lowest BCUT2D eigenvalue weighted by molar-refractivity contribution is 0.0691. The van der Waals surface area contributed by atoms with Gasteiger partial charge in [-0.3, -0.25) is 4.72 Å². The first-order valence-electron chi connectivity index (χ1n) is 11.2. The van der Waals surface area contributed by atoms with Crippen molar-refractivity contribution in [1.82, 2.24) is 4.98 Å². The van der Waals surface area contributed by atoms with Gasteiger partial charge < -0.3 is 9.84 Å². The number of benzene rings is 2. The van der Waals surface area contributed by atoms with E-state index < -0.39 is 27.4 Å². The Morgan fingerprint density at radius 2 is 1.86 bits per heavy atom. The summed E-state index contributed by atoms with van der Waals surface area (Å²) in [6.45, 7) is 4.62. The van der Waals surface area contributed by atoms with Crippen LogP contribution in [0, 0.1) is 11.2 Å². The van der Waals surface area contributed by atoms with E-state index in [4.69, 9.17) is 9.84 Å². The third-order valence-corrected chi connectivity index (χ3v) is 8.78. The van der Waals surface area contributed by atoms with E-state index in [0.29, 0.717) is 16.3 Å². The van der Waals surface area contributed by atoms with Gasteiger partial charge in [0.25, 0.3) is 10.0 Å². The van der Waals surface area contributed by atoms with Crippen molar-refractivity contribution in [3.05, 3.63) is 58.7 Å². The molecule has 0 spiro atoms. The van der Waals surface area contributed by atoms with Gasteiger partial charge >= 0.3 is 5.97 Å². The lowest BCUT2D eigenvalue weighted by atomic mass is 9.71. The normalized spacial score (nSPS) is 16.1. The zero-order valence-corrected chi connectivity index (χ0v) is 21.3. The fraction of sp³-hybridized carbons (Fsp3) is 0.360. The first-order chi connectivity index (χ1) is 16.5. The van der Waals surface area contributed by atoms with Gasteiger partial charge in [-0.2, -0.15) is 8.42 Å². The number of aromatic nitrogens is 1. The number of sulfonamides is 1. The molecule has 4 rings (SSSR count). The van der Waals surface area contributed by atoms with Gasteiger partial charge in [0.05, 0.1) is 18.4 Å². The van der Waals surface area contributed by atoms with Gasteiger partial charge in [-0.15, -0.1) is 11.3 Å². The van der Waals surface area contributed by atoms with Crippen LogP contribution in [0.3, 0.4) is 0 Å². The Balaban J connectivity index is 1.52. The number of rotatable bonds is 7. The molecule has 0 aliphatic heterocycles. The summed E-state index contributed by atoms with van der Waals surface area (Å²) in [5.74, 6) is -2.16. The largest absolute Gasteiger partial charge is 0.495 e. The highest BCUT2D eigenvalue weighted by atomic mass is 32.2. The van der Waals surface area contributed by atoms with E-state index in [1.54, 1.807) is 0 Å². The Labute approximate surface area is 208 Å². The third kappa shape index (κ3) is 5.48. The molecule has 2 N–H and O–H groups in total. The van der Waals surface area contributed by atoms with Gasteiger partial charge in [-0.05, 0) is 48.6 Å². The van der Waals surface area contributed by atoms with Crippen molar-refractivity contribution < 1.29 is 27.4 Å². The lowest BCUT2D eigenvalue weighted by Crippen LogP contribution is -2.20. The molecule has 3 aromatic rings. The molecular formula is C25H27FN2O5S2. The number of carboxylic acid groups (broad SMARTS) is 1. The van der Waals surface area contributed by atoms with E-state index in [1.165, 1.54) is 42.2 Å². The van der Waals surface area contributed by atoms with Crippen LogP contribution >= 0.6 is 11.3 Å². The number of ether oxygens (including phenoxy) is 1.